The Balaban J connectivity index is 2.63. The van der Waals surface area contributed by atoms with Crippen molar-refractivity contribution in [3.05, 3.63) is 21.9 Å². The van der Waals surface area contributed by atoms with Crippen molar-refractivity contribution < 1.29 is 4.79 Å². The number of nitrogens with one attached hydrogen (secondary N) is 1. The van der Waals surface area contributed by atoms with Crippen molar-refractivity contribution in [1.29, 1.82) is 0 Å². The van der Waals surface area contributed by atoms with E-state index in [4.69, 9.17) is 23.2 Å². The minimum Gasteiger partial charge on any atom is -0.340 e. The second kappa shape index (κ2) is 5.60. The molecule has 3 nitrogen and oxygen atoms in total. The lowest BCUT2D eigenvalue weighted by atomic mass is 10.1. The Hall–Kier alpha value is -0.670. The average molecular weight is 263 g/mol. The first-order chi connectivity index (χ1) is 7.41. The van der Waals surface area contributed by atoms with Gasteiger partial charge in [-0.15, -0.1) is 0 Å². The molecular weight excluding hydrogens is 247 g/mol. The number of nitrogens with zero attached hydrogens (tertiary/aromatic N) is 1. The monoisotopic (exact) mass is 262 g/mol. The molecule has 1 aromatic rings. The van der Waals surface area contributed by atoms with E-state index in [9.17, 15) is 4.79 Å². The molecule has 0 radical (unpaired) electrons. The standard InChI is InChI=1S/C11H16Cl2N2O/c1-7(2)4-5-15(3)11(16)9-6-8(12)10(13)14-9/h6-7,14H,4-5H2,1-3H3. The summed E-state index contributed by atoms with van der Waals surface area (Å²) in [6.45, 7) is 4.98. The summed E-state index contributed by atoms with van der Waals surface area (Å²) in [7, 11) is 1.77. The molecule has 1 heterocycles. The Morgan fingerprint density at radius 3 is 2.56 bits per heavy atom. The van der Waals surface area contributed by atoms with Gasteiger partial charge in [0.15, 0.2) is 0 Å². The molecule has 0 fully saturated rings. The molecule has 0 saturated heterocycles. The quantitative estimate of drug-likeness (QED) is 0.887. The number of aromatic nitrogens is 1. The highest BCUT2D eigenvalue weighted by molar-refractivity contribution is 6.41. The first-order valence-corrected chi connectivity index (χ1v) is 5.97. The summed E-state index contributed by atoms with van der Waals surface area (Å²) >= 11 is 11.5. The lowest BCUT2D eigenvalue weighted by Crippen LogP contribution is -2.28. The molecule has 0 unspecified atom stereocenters. The Morgan fingerprint density at radius 2 is 2.12 bits per heavy atom. The molecule has 0 bridgehead atoms. The van der Waals surface area contributed by atoms with E-state index in [-0.39, 0.29) is 5.91 Å². The number of carbonyl (C=O) groups excluding carboxylic acids is 1. The zero-order valence-electron chi connectivity index (χ0n) is 9.68. The Kier molecular flexibility index (Phi) is 4.69. The summed E-state index contributed by atoms with van der Waals surface area (Å²) < 4.78 is 0. The third-order valence-corrected chi connectivity index (χ3v) is 3.04. The van der Waals surface area contributed by atoms with Crippen molar-refractivity contribution in [3.8, 4) is 0 Å². The number of halogens is 2. The fourth-order valence-corrected chi connectivity index (χ4v) is 1.59. The molecule has 1 rings (SSSR count). The zero-order valence-corrected chi connectivity index (χ0v) is 11.2. The Morgan fingerprint density at radius 1 is 1.50 bits per heavy atom. The van der Waals surface area contributed by atoms with Crippen LogP contribution in [0.15, 0.2) is 6.07 Å². The molecule has 0 saturated carbocycles. The predicted octanol–water partition coefficient (Wildman–Crippen LogP) is 3.44. The summed E-state index contributed by atoms with van der Waals surface area (Å²) in [5.74, 6) is 0.487. The lowest BCUT2D eigenvalue weighted by Gasteiger charge is -2.17. The van der Waals surface area contributed by atoms with Gasteiger partial charge in [0.1, 0.15) is 10.8 Å². The highest BCUT2D eigenvalue weighted by atomic mass is 35.5. The minimum absolute atomic E-state index is 0.0885. The van der Waals surface area contributed by atoms with E-state index in [0.717, 1.165) is 13.0 Å². The summed E-state index contributed by atoms with van der Waals surface area (Å²) in [5, 5.41) is 0.685. The fourth-order valence-electron chi connectivity index (χ4n) is 1.28. The van der Waals surface area contributed by atoms with Crippen LogP contribution < -0.4 is 0 Å². The van der Waals surface area contributed by atoms with E-state index in [1.165, 1.54) is 0 Å². The van der Waals surface area contributed by atoms with Gasteiger partial charge in [0.05, 0.1) is 5.02 Å². The number of hydrogen-bond donors (Lipinski definition) is 1. The molecule has 1 N–H and O–H groups in total. The first-order valence-electron chi connectivity index (χ1n) is 5.21. The summed E-state index contributed by atoms with van der Waals surface area (Å²) in [6, 6.07) is 1.55. The van der Waals surface area contributed by atoms with Gasteiger partial charge in [0.2, 0.25) is 0 Å². The molecule has 5 heteroatoms. The molecule has 0 aliphatic carbocycles. The van der Waals surface area contributed by atoms with E-state index < -0.39 is 0 Å². The topological polar surface area (TPSA) is 36.1 Å². The normalized spacial score (nSPS) is 10.9. The van der Waals surface area contributed by atoms with Crippen LogP contribution in [0.25, 0.3) is 0 Å². The van der Waals surface area contributed by atoms with Crippen molar-refractivity contribution >= 4 is 29.1 Å². The van der Waals surface area contributed by atoms with Crippen molar-refractivity contribution in [1.82, 2.24) is 9.88 Å². The summed E-state index contributed by atoms with van der Waals surface area (Å²) in [4.78, 5) is 16.3. The molecule has 0 spiro atoms. The lowest BCUT2D eigenvalue weighted by molar-refractivity contribution is 0.0784. The summed E-state index contributed by atoms with van der Waals surface area (Å²) in [5.41, 5.74) is 0.432. The Labute approximate surface area is 106 Å². The third kappa shape index (κ3) is 3.42. The largest absolute Gasteiger partial charge is 0.340 e. The van der Waals surface area contributed by atoms with E-state index in [1.54, 1.807) is 18.0 Å². The fraction of sp³-hybridized carbons (Fsp3) is 0.545. The molecular formula is C11H16Cl2N2O. The van der Waals surface area contributed by atoms with Gasteiger partial charge >= 0.3 is 0 Å². The van der Waals surface area contributed by atoms with Crippen LogP contribution in [0, 0.1) is 5.92 Å². The number of carbonyl (C=O) groups is 1. The summed E-state index contributed by atoms with van der Waals surface area (Å²) in [6.07, 6.45) is 0.977. The van der Waals surface area contributed by atoms with Gasteiger partial charge in [-0.1, -0.05) is 37.0 Å². The maximum absolute atomic E-state index is 11.9. The van der Waals surface area contributed by atoms with Gasteiger partial charge in [-0.25, -0.2) is 0 Å². The van der Waals surface area contributed by atoms with Crippen LogP contribution in [0.1, 0.15) is 30.8 Å². The maximum atomic E-state index is 11.9. The van der Waals surface area contributed by atoms with Crippen LogP contribution in [-0.4, -0.2) is 29.4 Å². The minimum atomic E-state index is -0.0885. The van der Waals surface area contributed by atoms with Gasteiger partial charge in [-0.2, -0.15) is 0 Å². The van der Waals surface area contributed by atoms with Gasteiger partial charge in [-0.3, -0.25) is 4.79 Å². The average Bonchev–Trinajstić information content (AvgIpc) is 2.54. The Bertz CT molecular complexity index is 355. The van der Waals surface area contributed by atoms with E-state index in [1.807, 2.05) is 0 Å². The predicted molar refractivity (Wildman–Crippen MR) is 67.2 cm³/mol. The number of aromatic amines is 1. The number of rotatable bonds is 4. The van der Waals surface area contributed by atoms with Gasteiger partial charge in [-0.05, 0) is 18.4 Å². The zero-order chi connectivity index (χ0) is 12.3. The second-order valence-corrected chi connectivity index (χ2v) is 5.04. The molecule has 1 aromatic heterocycles. The van der Waals surface area contributed by atoms with Crippen molar-refractivity contribution in [2.45, 2.75) is 20.3 Å². The molecule has 16 heavy (non-hydrogen) atoms. The van der Waals surface area contributed by atoms with Crippen LogP contribution in [-0.2, 0) is 0 Å². The highest BCUT2D eigenvalue weighted by Crippen LogP contribution is 2.22. The van der Waals surface area contributed by atoms with E-state index >= 15 is 0 Å². The molecule has 1 amide bonds. The van der Waals surface area contributed by atoms with Crippen molar-refractivity contribution in [2.75, 3.05) is 13.6 Å². The van der Waals surface area contributed by atoms with Crippen molar-refractivity contribution in [3.63, 3.8) is 0 Å². The van der Waals surface area contributed by atoms with Gasteiger partial charge in [0, 0.05) is 13.6 Å². The van der Waals surface area contributed by atoms with Crippen molar-refractivity contribution in [2.24, 2.45) is 5.92 Å². The molecule has 0 atom stereocenters. The maximum Gasteiger partial charge on any atom is 0.270 e. The van der Waals surface area contributed by atoms with Gasteiger partial charge < -0.3 is 9.88 Å². The molecule has 0 aliphatic heterocycles. The van der Waals surface area contributed by atoms with E-state index in [0.29, 0.717) is 21.8 Å². The van der Waals surface area contributed by atoms with Gasteiger partial charge in [0.25, 0.3) is 5.91 Å². The third-order valence-electron chi connectivity index (χ3n) is 2.34. The highest BCUT2D eigenvalue weighted by Gasteiger charge is 2.15. The van der Waals surface area contributed by atoms with E-state index in [2.05, 4.69) is 18.8 Å². The van der Waals surface area contributed by atoms with Crippen LogP contribution in [0.2, 0.25) is 10.2 Å². The number of amides is 1. The number of H-pyrrole nitrogens is 1. The van der Waals surface area contributed by atoms with Crippen LogP contribution in [0.4, 0.5) is 0 Å². The van der Waals surface area contributed by atoms with Crippen LogP contribution in [0.5, 0.6) is 0 Å². The second-order valence-electron chi connectivity index (χ2n) is 4.25. The molecule has 0 aliphatic rings. The molecule has 0 aromatic carbocycles. The first kappa shape index (κ1) is 13.4. The number of hydrogen-bond acceptors (Lipinski definition) is 1. The molecule has 90 valence electrons. The van der Waals surface area contributed by atoms with Crippen LogP contribution in [0.3, 0.4) is 0 Å². The van der Waals surface area contributed by atoms with Crippen LogP contribution >= 0.6 is 23.2 Å². The smallest absolute Gasteiger partial charge is 0.270 e. The SMILES string of the molecule is CC(C)CCN(C)C(=O)c1cc(Cl)c(Cl)[nH]1.